The zero-order valence-corrected chi connectivity index (χ0v) is 13.0. The van der Waals surface area contributed by atoms with Crippen molar-refractivity contribution in [1.29, 1.82) is 0 Å². The Kier molecular flexibility index (Phi) is 5.16. The average Bonchev–Trinajstić information content (AvgIpc) is 2.53. The number of hydrogen-bond donors (Lipinski definition) is 1. The maximum Gasteiger partial charge on any atom is 0.306 e. The number of carbonyl (C=O) groups is 2. The van der Waals surface area contributed by atoms with Crippen LogP contribution >= 0.6 is 0 Å². The summed E-state index contributed by atoms with van der Waals surface area (Å²) in [5, 5.41) is 9.13. The van der Waals surface area contributed by atoms with Gasteiger partial charge in [-0.05, 0) is 32.3 Å². The molecule has 1 aliphatic carbocycles. The van der Waals surface area contributed by atoms with Gasteiger partial charge in [-0.2, -0.15) is 0 Å². The molecule has 1 amide bonds. The zero-order chi connectivity index (χ0) is 16.3. The number of carboxylic acids is 1. The van der Waals surface area contributed by atoms with Crippen LogP contribution in [-0.4, -0.2) is 28.9 Å². The van der Waals surface area contributed by atoms with Gasteiger partial charge in [-0.3, -0.25) is 9.59 Å². The summed E-state index contributed by atoms with van der Waals surface area (Å²) in [6.45, 7) is 1.79. The number of aliphatic carboxylic acids is 1. The number of halogens is 1. The molecule has 1 saturated carbocycles. The Balaban J connectivity index is 2.08. The summed E-state index contributed by atoms with van der Waals surface area (Å²) in [4.78, 5) is 25.3. The molecule has 0 heterocycles. The first-order valence-electron chi connectivity index (χ1n) is 7.65. The van der Waals surface area contributed by atoms with Crippen molar-refractivity contribution in [3.63, 3.8) is 0 Å². The minimum absolute atomic E-state index is 0.0956. The molecule has 2 rings (SSSR count). The van der Waals surface area contributed by atoms with Crippen LogP contribution in [0.3, 0.4) is 0 Å². The van der Waals surface area contributed by atoms with Gasteiger partial charge in [-0.1, -0.05) is 24.6 Å². The van der Waals surface area contributed by atoms with Gasteiger partial charge in [0, 0.05) is 18.5 Å². The third-order valence-electron chi connectivity index (χ3n) is 4.66. The van der Waals surface area contributed by atoms with Gasteiger partial charge in [0.25, 0.3) is 0 Å². The highest BCUT2D eigenvalue weighted by Gasteiger charge is 2.33. The number of hydrogen-bond acceptors (Lipinski definition) is 2. The van der Waals surface area contributed by atoms with Gasteiger partial charge in [0.15, 0.2) is 0 Å². The molecule has 0 bridgehead atoms. The molecular formula is C17H22FNO3. The van der Waals surface area contributed by atoms with E-state index in [0.717, 1.165) is 6.42 Å². The van der Waals surface area contributed by atoms with Crippen LogP contribution in [0.1, 0.15) is 44.2 Å². The van der Waals surface area contributed by atoms with E-state index in [1.165, 1.54) is 11.0 Å². The van der Waals surface area contributed by atoms with Crippen LogP contribution in [0.5, 0.6) is 0 Å². The summed E-state index contributed by atoms with van der Waals surface area (Å²) < 4.78 is 13.9. The van der Waals surface area contributed by atoms with Gasteiger partial charge in [-0.15, -0.1) is 0 Å². The Bertz CT molecular complexity index is 561. The van der Waals surface area contributed by atoms with Crippen molar-refractivity contribution in [3.8, 4) is 0 Å². The predicted octanol–water partition coefficient (Wildman–Crippen LogP) is 3.24. The molecule has 0 aromatic heterocycles. The van der Waals surface area contributed by atoms with Crippen molar-refractivity contribution in [2.75, 3.05) is 7.05 Å². The van der Waals surface area contributed by atoms with E-state index in [9.17, 15) is 14.0 Å². The van der Waals surface area contributed by atoms with Crippen molar-refractivity contribution in [2.45, 2.75) is 38.6 Å². The van der Waals surface area contributed by atoms with E-state index in [4.69, 9.17) is 5.11 Å². The van der Waals surface area contributed by atoms with Crippen LogP contribution in [0.2, 0.25) is 0 Å². The number of rotatable bonds is 4. The van der Waals surface area contributed by atoms with E-state index < -0.39 is 11.9 Å². The topological polar surface area (TPSA) is 57.6 Å². The van der Waals surface area contributed by atoms with E-state index in [1.807, 2.05) is 0 Å². The molecule has 0 radical (unpaired) electrons. The van der Waals surface area contributed by atoms with Gasteiger partial charge in [0.2, 0.25) is 5.91 Å². The largest absolute Gasteiger partial charge is 0.481 e. The minimum atomic E-state index is -0.831. The molecule has 4 nitrogen and oxygen atoms in total. The second-order valence-corrected chi connectivity index (χ2v) is 6.05. The molecule has 0 aliphatic heterocycles. The molecule has 120 valence electrons. The summed E-state index contributed by atoms with van der Waals surface area (Å²) in [5.74, 6) is -1.99. The number of nitrogens with zero attached hydrogens (tertiary/aromatic N) is 1. The van der Waals surface area contributed by atoms with Gasteiger partial charge >= 0.3 is 5.97 Å². The molecule has 1 N–H and O–H groups in total. The van der Waals surface area contributed by atoms with Crippen LogP contribution in [0.15, 0.2) is 24.3 Å². The maximum absolute atomic E-state index is 13.9. The second-order valence-electron chi connectivity index (χ2n) is 6.05. The van der Waals surface area contributed by atoms with Crippen LogP contribution in [0, 0.1) is 17.7 Å². The Hall–Kier alpha value is -1.91. The van der Waals surface area contributed by atoms with Crippen molar-refractivity contribution in [2.24, 2.45) is 11.8 Å². The van der Waals surface area contributed by atoms with Crippen LogP contribution in [0.25, 0.3) is 0 Å². The fraction of sp³-hybridized carbons (Fsp3) is 0.529. The molecule has 5 heteroatoms. The Labute approximate surface area is 129 Å². The summed E-state index contributed by atoms with van der Waals surface area (Å²) in [7, 11) is 1.66. The fourth-order valence-electron chi connectivity index (χ4n) is 3.14. The van der Waals surface area contributed by atoms with E-state index in [-0.39, 0.29) is 23.7 Å². The van der Waals surface area contributed by atoms with E-state index in [0.29, 0.717) is 24.8 Å². The summed E-state index contributed by atoms with van der Waals surface area (Å²) in [6, 6.07) is 6.04. The molecule has 1 aliphatic rings. The Morgan fingerprint density at radius 3 is 2.55 bits per heavy atom. The zero-order valence-electron chi connectivity index (χ0n) is 13.0. The number of amides is 1. The lowest BCUT2D eigenvalue weighted by molar-refractivity contribution is -0.145. The normalized spacial score (nSPS) is 22.9. The lowest BCUT2D eigenvalue weighted by Crippen LogP contribution is -2.38. The third-order valence-corrected chi connectivity index (χ3v) is 4.66. The average molecular weight is 307 g/mol. The smallest absolute Gasteiger partial charge is 0.306 e. The van der Waals surface area contributed by atoms with Crippen LogP contribution < -0.4 is 0 Å². The lowest BCUT2D eigenvalue weighted by atomic mass is 9.80. The highest BCUT2D eigenvalue weighted by Crippen LogP contribution is 2.32. The highest BCUT2D eigenvalue weighted by atomic mass is 19.1. The highest BCUT2D eigenvalue weighted by molar-refractivity contribution is 5.80. The van der Waals surface area contributed by atoms with Crippen LogP contribution in [0.4, 0.5) is 4.39 Å². The van der Waals surface area contributed by atoms with Crippen molar-refractivity contribution < 1.29 is 19.1 Å². The summed E-state index contributed by atoms with van der Waals surface area (Å²) in [6.07, 6.45) is 2.46. The van der Waals surface area contributed by atoms with Gasteiger partial charge in [0.1, 0.15) is 5.82 Å². The molecule has 1 aromatic carbocycles. The standard InChI is InChI=1S/C17H22FNO3/c1-11(14-8-3-4-9-15(14)18)19(2)16(20)12-6-5-7-13(10-12)17(21)22/h3-4,8-9,11-13H,5-7,10H2,1-2H3,(H,21,22)/t11-,12+,13-/m1/s1. The van der Waals surface area contributed by atoms with Crippen LogP contribution in [-0.2, 0) is 9.59 Å². The molecular weight excluding hydrogens is 285 g/mol. The molecule has 0 unspecified atom stereocenters. The van der Waals surface area contributed by atoms with E-state index in [2.05, 4.69) is 0 Å². The van der Waals surface area contributed by atoms with Gasteiger partial charge in [0.05, 0.1) is 12.0 Å². The lowest BCUT2D eigenvalue weighted by Gasteiger charge is -2.32. The SMILES string of the molecule is C[C@H](c1ccccc1F)N(C)C(=O)[C@H]1CCC[C@@H](C(=O)O)C1. The molecule has 3 atom stereocenters. The summed E-state index contributed by atoms with van der Waals surface area (Å²) >= 11 is 0. The number of carbonyl (C=O) groups excluding carboxylic acids is 1. The predicted molar refractivity (Wildman–Crippen MR) is 80.7 cm³/mol. The molecule has 1 fully saturated rings. The third kappa shape index (κ3) is 3.46. The first-order valence-corrected chi connectivity index (χ1v) is 7.65. The number of carboxylic acid groups (broad SMARTS) is 1. The molecule has 22 heavy (non-hydrogen) atoms. The molecule has 0 spiro atoms. The second kappa shape index (κ2) is 6.90. The van der Waals surface area contributed by atoms with Gasteiger partial charge < -0.3 is 10.0 Å². The summed E-state index contributed by atoms with van der Waals surface area (Å²) in [5.41, 5.74) is 0.476. The van der Waals surface area contributed by atoms with E-state index >= 15 is 0 Å². The van der Waals surface area contributed by atoms with E-state index in [1.54, 1.807) is 32.2 Å². The van der Waals surface area contributed by atoms with Crippen molar-refractivity contribution >= 4 is 11.9 Å². The molecule has 0 saturated heterocycles. The first kappa shape index (κ1) is 16.5. The molecule has 1 aromatic rings. The Morgan fingerprint density at radius 1 is 1.27 bits per heavy atom. The Morgan fingerprint density at radius 2 is 1.91 bits per heavy atom. The minimum Gasteiger partial charge on any atom is -0.481 e. The monoisotopic (exact) mass is 307 g/mol. The first-order chi connectivity index (χ1) is 10.4. The number of benzene rings is 1. The van der Waals surface area contributed by atoms with Crippen molar-refractivity contribution in [3.05, 3.63) is 35.6 Å². The maximum atomic E-state index is 13.9. The fourth-order valence-corrected chi connectivity index (χ4v) is 3.14. The van der Waals surface area contributed by atoms with Crippen molar-refractivity contribution in [1.82, 2.24) is 4.90 Å². The quantitative estimate of drug-likeness (QED) is 0.929. The van der Waals surface area contributed by atoms with Gasteiger partial charge in [-0.25, -0.2) is 4.39 Å².